The molecule has 1 aromatic carbocycles. The summed E-state index contributed by atoms with van der Waals surface area (Å²) < 4.78 is 28.9. The van der Waals surface area contributed by atoms with Gasteiger partial charge in [0.2, 0.25) is 0 Å². The molecule has 0 heterocycles. The van der Waals surface area contributed by atoms with Gasteiger partial charge in [0.1, 0.15) is 4.16 Å². The molecule has 1 atom stereocenters. The van der Waals surface area contributed by atoms with Crippen molar-refractivity contribution in [2.75, 3.05) is 13.2 Å². The molecule has 0 amide bonds. The largest absolute Gasteiger partial charge is 0.375 e. The number of aryl methyl sites for hydroxylation is 1. The van der Waals surface area contributed by atoms with Gasteiger partial charge in [0.05, 0.1) is 18.1 Å². The lowest BCUT2D eigenvalue weighted by molar-refractivity contribution is 0.175. The summed E-state index contributed by atoms with van der Waals surface area (Å²) in [7, 11) is -3.38. The Balaban J connectivity index is 2.70. The van der Waals surface area contributed by atoms with Crippen LogP contribution in [0.3, 0.4) is 0 Å². The molecule has 1 unspecified atom stereocenters. The molecule has 0 spiro atoms. The first-order valence-corrected chi connectivity index (χ1v) is 8.08. The minimum Gasteiger partial charge on any atom is -0.375 e. The minimum absolute atomic E-state index is 0.126. The molecule has 1 rings (SSSR count). The van der Waals surface area contributed by atoms with E-state index in [1.807, 2.05) is 26.0 Å². The third kappa shape index (κ3) is 4.23. The first-order chi connectivity index (χ1) is 8.48. The van der Waals surface area contributed by atoms with Crippen LogP contribution in [0.1, 0.15) is 12.5 Å². The van der Waals surface area contributed by atoms with Crippen LogP contribution >= 0.6 is 15.9 Å². The molecule has 5 heteroatoms. The number of rotatable bonds is 6. The van der Waals surface area contributed by atoms with E-state index >= 15 is 0 Å². The Kier molecular flexibility index (Phi) is 6.05. The SMILES string of the molecule is CC=CCOCC(Br)S(=O)(=O)c1ccc(C)cc1. The van der Waals surface area contributed by atoms with Crippen LogP contribution in [0.25, 0.3) is 0 Å². The predicted molar refractivity (Wildman–Crippen MR) is 76.7 cm³/mol. The molecule has 0 bridgehead atoms. The molecule has 0 aliphatic carbocycles. The summed E-state index contributed by atoms with van der Waals surface area (Å²) in [6, 6.07) is 6.80. The summed E-state index contributed by atoms with van der Waals surface area (Å²) >= 11 is 3.17. The van der Waals surface area contributed by atoms with E-state index in [4.69, 9.17) is 4.74 Å². The van der Waals surface area contributed by atoms with Crippen molar-refractivity contribution in [2.45, 2.75) is 22.9 Å². The van der Waals surface area contributed by atoms with Gasteiger partial charge >= 0.3 is 0 Å². The lowest BCUT2D eigenvalue weighted by Crippen LogP contribution is -2.20. The van der Waals surface area contributed by atoms with Crippen LogP contribution in [0.2, 0.25) is 0 Å². The highest BCUT2D eigenvalue weighted by molar-refractivity contribution is 9.11. The third-order valence-corrected chi connectivity index (χ3v) is 5.86. The van der Waals surface area contributed by atoms with Gasteiger partial charge in [0.25, 0.3) is 0 Å². The number of benzene rings is 1. The van der Waals surface area contributed by atoms with Crippen molar-refractivity contribution >= 4 is 25.8 Å². The molecule has 3 nitrogen and oxygen atoms in total. The van der Waals surface area contributed by atoms with Crippen molar-refractivity contribution < 1.29 is 13.2 Å². The van der Waals surface area contributed by atoms with Crippen molar-refractivity contribution in [1.82, 2.24) is 0 Å². The molecule has 18 heavy (non-hydrogen) atoms. The fourth-order valence-corrected chi connectivity index (χ4v) is 3.21. The van der Waals surface area contributed by atoms with E-state index in [2.05, 4.69) is 15.9 Å². The van der Waals surface area contributed by atoms with Crippen LogP contribution in [-0.2, 0) is 14.6 Å². The summed E-state index contributed by atoms with van der Waals surface area (Å²) in [5.74, 6) is 0. The Morgan fingerprint density at radius 3 is 2.50 bits per heavy atom. The Hall–Kier alpha value is -0.650. The Morgan fingerprint density at radius 1 is 1.33 bits per heavy atom. The van der Waals surface area contributed by atoms with Gasteiger partial charge in [-0.1, -0.05) is 45.8 Å². The molecule has 0 saturated carbocycles. The van der Waals surface area contributed by atoms with Crippen molar-refractivity contribution in [3.8, 4) is 0 Å². The number of halogens is 1. The van der Waals surface area contributed by atoms with E-state index < -0.39 is 14.0 Å². The summed E-state index contributed by atoms with van der Waals surface area (Å²) in [5, 5.41) is 0. The van der Waals surface area contributed by atoms with Crippen molar-refractivity contribution in [1.29, 1.82) is 0 Å². The quantitative estimate of drug-likeness (QED) is 0.456. The van der Waals surface area contributed by atoms with E-state index in [1.54, 1.807) is 24.3 Å². The molecular formula is C13H17BrO3S. The van der Waals surface area contributed by atoms with Gasteiger partial charge in [-0.3, -0.25) is 0 Å². The van der Waals surface area contributed by atoms with E-state index in [9.17, 15) is 8.42 Å². The van der Waals surface area contributed by atoms with Crippen molar-refractivity contribution in [2.24, 2.45) is 0 Å². The number of allylic oxidation sites excluding steroid dienone is 1. The molecule has 0 aliphatic heterocycles. The summed E-state index contributed by atoms with van der Waals surface area (Å²) in [4.78, 5) is 0.310. The second-order valence-electron chi connectivity index (χ2n) is 3.87. The first kappa shape index (κ1) is 15.4. The zero-order valence-corrected chi connectivity index (χ0v) is 12.9. The fourth-order valence-electron chi connectivity index (χ4n) is 1.29. The summed E-state index contributed by atoms with van der Waals surface area (Å²) in [6.45, 7) is 4.35. The molecule has 0 aromatic heterocycles. The Morgan fingerprint density at radius 2 is 1.94 bits per heavy atom. The number of sulfone groups is 1. The standard InChI is InChI=1S/C13H17BrO3S/c1-3-4-9-17-10-13(14)18(15,16)12-7-5-11(2)6-8-12/h3-8,13H,9-10H2,1-2H3. The van der Waals surface area contributed by atoms with Crippen molar-refractivity contribution in [3.05, 3.63) is 42.0 Å². The predicted octanol–water partition coefficient (Wildman–Crippen LogP) is 3.08. The molecule has 1 aromatic rings. The maximum Gasteiger partial charge on any atom is 0.193 e. The normalized spacial score (nSPS) is 13.9. The van der Waals surface area contributed by atoms with Gasteiger partial charge in [0, 0.05) is 0 Å². The van der Waals surface area contributed by atoms with Gasteiger partial charge in [-0.05, 0) is 26.0 Å². The second kappa shape index (κ2) is 7.07. The fraction of sp³-hybridized carbons (Fsp3) is 0.385. The van der Waals surface area contributed by atoms with Gasteiger partial charge in [-0.25, -0.2) is 8.42 Å². The molecule has 0 radical (unpaired) electrons. The lowest BCUT2D eigenvalue weighted by atomic mass is 10.2. The van der Waals surface area contributed by atoms with E-state index in [0.29, 0.717) is 11.5 Å². The lowest BCUT2D eigenvalue weighted by Gasteiger charge is -2.11. The summed E-state index contributed by atoms with van der Waals surface area (Å²) in [5.41, 5.74) is 1.03. The average molecular weight is 333 g/mol. The van der Waals surface area contributed by atoms with Crippen LogP contribution in [-0.4, -0.2) is 25.8 Å². The molecule has 0 N–H and O–H groups in total. The highest BCUT2D eigenvalue weighted by Gasteiger charge is 2.24. The Bertz CT molecular complexity index is 491. The van der Waals surface area contributed by atoms with Crippen LogP contribution in [0.5, 0.6) is 0 Å². The van der Waals surface area contributed by atoms with Crippen LogP contribution in [0.4, 0.5) is 0 Å². The first-order valence-electron chi connectivity index (χ1n) is 5.62. The van der Waals surface area contributed by atoms with Crippen molar-refractivity contribution in [3.63, 3.8) is 0 Å². The van der Waals surface area contributed by atoms with Gasteiger partial charge in [-0.15, -0.1) is 0 Å². The van der Waals surface area contributed by atoms with Crippen LogP contribution in [0, 0.1) is 6.92 Å². The van der Waals surface area contributed by atoms with Crippen LogP contribution < -0.4 is 0 Å². The molecule has 100 valence electrons. The van der Waals surface area contributed by atoms with Gasteiger partial charge in [-0.2, -0.15) is 0 Å². The van der Waals surface area contributed by atoms with E-state index in [0.717, 1.165) is 5.56 Å². The molecular weight excluding hydrogens is 316 g/mol. The zero-order chi connectivity index (χ0) is 13.6. The molecule has 0 saturated heterocycles. The van der Waals surface area contributed by atoms with E-state index in [1.165, 1.54) is 0 Å². The minimum atomic E-state index is -3.38. The summed E-state index contributed by atoms with van der Waals surface area (Å²) in [6.07, 6.45) is 3.69. The molecule has 0 aliphatic rings. The maximum atomic E-state index is 12.2. The maximum absolute atomic E-state index is 12.2. The highest BCUT2D eigenvalue weighted by Crippen LogP contribution is 2.21. The number of hydrogen-bond acceptors (Lipinski definition) is 3. The topological polar surface area (TPSA) is 43.4 Å². The Labute approximate surface area is 117 Å². The third-order valence-electron chi connectivity index (χ3n) is 2.38. The number of ether oxygens (including phenoxy) is 1. The zero-order valence-electron chi connectivity index (χ0n) is 10.5. The molecule has 0 fully saturated rings. The van der Waals surface area contributed by atoms with E-state index in [-0.39, 0.29) is 6.61 Å². The number of alkyl halides is 1. The average Bonchev–Trinajstić information content (AvgIpc) is 2.35. The smallest absolute Gasteiger partial charge is 0.193 e. The monoisotopic (exact) mass is 332 g/mol. The number of hydrogen-bond donors (Lipinski definition) is 0. The van der Waals surface area contributed by atoms with Gasteiger partial charge < -0.3 is 4.74 Å². The second-order valence-corrected chi connectivity index (χ2v) is 7.72. The van der Waals surface area contributed by atoms with Gasteiger partial charge in [0.15, 0.2) is 9.84 Å². The van der Waals surface area contributed by atoms with Crippen LogP contribution in [0.15, 0.2) is 41.3 Å². The highest BCUT2D eigenvalue weighted by atomic mass is 79.9.